The van der Waals surface area contributed by atoms with Crippen LogP contribution in [0.5, 0.6) is 0 Å². The minimum Gasteiger partial charge on any atom is -0.329 e. The van der Waals surface area contributed by atoms with Crippen molar-refractivity contribution in [2.24, 2.45) is 5.73 Å². The minimum absolute atomic E-state index is 0.710. The molecule has 1 heterocycles. The first-order chi connectivity index (χ1) is 9.38. The van der Waals surface area contributed by atoms with Crippen molar-refractivity contribution in [3.8, 4) is 0 Å². The van der Waals surface area contributed by atoms with Crippen LogP contribution in [0.2, 0.25) is 0 Å². The van der Waals surface area contributed by atoms with Crippen molar-refractivity contribution >= 4 is 10.8 Å². The Hall–Kier alpha value is -1.42. The highest BCUT2D eigenvalue weighted by Gasteiger charge is 2.17. The van der Waals surface area contributed by atoms with Crippen LogP contribution >= 0.6 is 0 Å². The van der Waals surface area contributed by atoms with Crippen LogP contribution < -0.4 is 11.1 Å². The lowest BCUT2D eigenvalue weighted by Crippen LogP contribution is -2.35. The van der Waals surface area contributed by atoms with Gasteiger partial charge in [-0.3, -0.25) is 4.90 Å². The first kappa shape index (κ1) is 12.6. The molecule has 0 saturated carbocycles. The van der Waals surface area contributed by atoms with E-state index in [0.717, 1.165) is 32.7 Å². The molecule has 1 aliphatic heterocycles. The molecule has 0 bridgehead atoms. The maximum atomic E-state index is 5.49. The second kappa shape index (κ2) is 5.70. The van der Waals surface area contributed by atoms with E-state index < -0.39 is 0 Å². The monoisotopic (exact) mass is 255 g/mol. The summed E-state index contributed by atoms with van der Waals surface area (Å²) in [6.45, 7) is 5.81. The quantitative estimate of drug-likeness (QED) is 0.799. The molecule has 0 unspecified atom stereocenters. The van der Waals surface area contributed by atoms with Crippen molar-refractivity contribution < 1.29 is 0 Å². The fourth-order valence-electron chi connectivity index (χ4n) is 2.93. The van der Waals surface area contributed by atoms with Crippen molar-refractivity contribution in [2.45, 2.75) is 13.1 Å². The predicted octanol–water partition coefficient (Wildman–Crippen LogP) is 1.70. The summed E-state index contributed by atoms with van der Waals surface area (Å²) in [6, 6.07) is 13.3. The molecular weight excluding hydrogens is 234 g/mol. The minimum atomic E-state index is 0.710. The van der Waals surface area contributed by atoms with E-state index >= 15 is 0 Å². The summed E-state index contributed by atoms with van der Waals surface area (Å²) in [7, 11) is 0. The molecule has 2 aromatic rings. The number of benzene rings is 2. The molecular formula is C16H21N3. The molecule has 3 rings (SSSR count). The van der Waals surface area contributed by atoms with Gasteiger partial charge >= 0.3 is 0 Å². The Morgan fingerprint density at radius 1 is 1.00 bits per heavy atom. The molecule has 0 aromatic heterocycles. The van der Waals surface area contributed by atoms with Crippen molar-refractivity contribution in [2.75, 3.05) is 26.2 Å². The average molecular weight is 255 g/mol. The van der Waals surface area contributed by atoms with Gasteiger partial charge in [0.25, 0.3) is 0 Å². The van der Waals surface area contributed by atoms with Crippen LogP contribution in [0.3, 0.4) is 0 Å². The van der Waals surface area contributed by atoms with Gasteiger partial charge in [0.2, 0.25) is 0 Å². The molecule has 3 heteroatoms. The summed E-state index contributed by atoms with van der Waals surface area (Å²) in [5.74, 6) is 0. The molecule has 0 fully saturated rings. The summed E-state index contributed by atoms with van der Waals surface area (Å²) >= 11 is 0. The Balaban J connectivity index is 1.75. The predicted molar refractivity (Wildman–Crippen MR) is 80.0 cm³/mol. The van der Waals surface area contributed by atoms with Crippen LogP contribution in [-0.2, 0) is 13.1 Å². The standard InChI is InChI=1S/C16H21N3/c17-7-8-18-9-10-19-11-14-5-1-3-13-4-2-6-15(12-19)16(13)14/h1-6,18H,7-12,17H2. The third-order valence-electron chi connectivity index (χ3n) is 3.79. The molecule has 0 aliphatic carbocycles. The summed E-state index contributed by atoms with van der Waals surface area (Å²) in [6.07, 6.45) is 0. The highest BCUT2D eigenvalue weighted by Crippen LogP contribution is 2.29. The van der Waals surface area contributed by atoms with Gasteiger partial charge in [-0.1, -0.05) is 36.4 Å². The Kier molecular flexibility index (Phi) is 3.78. The number of nitrogens with zero attached hydrogens (tertiary/aromatic N) is 1. The zero-order valence-electron chi connectivity index (χ0n) is 11.2. The van der Waals surface area contributed by atoms with Gasteiger partial charge in [0.05, 0.1) is 0 Å². The van der Waals surface area contributed by atoms with Crippen LogP contribution in [-0.4, -0.2) is 31.1 Å². The molecule has 0 radical (unpaired) electrons. The van der Waals surface area contributed by atoms with Crippen molar-refractivity contribution in [3.05, 3.63) is 47.5 Å². The van der Waals surface area contributed by atoms with Crippen molar-refractivity contribution in [1.29, 1.82) is 0 Å². The van der Waals surface area contributed by atoms with Gasteiger partial charge in [-0.25, -0.2) is 0 Å². The van der Waals surface area contributed by atoms with Gasteiger partial charge in [0.15, 0.2) is 0 Å². The van der Waals surface area contributed by atoms with Gasteiger partial charge in [-0.05, 0) is 21.9 Å². The van der Waals surface area contributed by atoms with Crippen LogP contribution in [0, 0.1) is 0 Å². The summed E-state index contributed by atoms with van der Waals surface area (Å²) in [5.41, 5.74) is 8.40. The molecule has 0 amide bonds. The third-order valence-corrected chi connectivity index (χ3v) is 3.79. The van der Waals surface area contributed by atoms with Crippen LogP contribution in [0.1, 0.15) is 11.1 Å². The number of nitrogens with one attached hydrogen (secondary N) is 1. The average Bonchev–Trinajstić information content (AvgIpc) is 2.44. The van der Waals surface area contributed by atoms with Crippen LogP contribution in [0.25, 0.3) is 10.8 Å². The van der Waals surface area contributed by atoms with E-state index in [0.29, 0.717) is 6.54 Å². The van der Waals surface area contributed by atoms with Crippen LogP contribution in [0.15, 0.2) is 36.4 Å². The van der Waals surface area contributed by atoms with Gasteiger partial charge in [-0.15, -0.1) is 0 Å². The largest absolute Gasteiger partial charge is 0.329 e. The van der Waals surface area contributed by atoms with E-state index in [4.69, 9.17) is 5.73 Å². The molecule has 3 nitrogen and oxygen atoms in total. The number of hydrogen-bond acceptors (Lipinski definition) is 3. The summed E-state index contributed by atoms with van der Waals surface area (Å²) < 4.78 is 0. The Morgan fingerprint density at radius 3 is 2.32 bits per heavy atom. The maximum Gasteiger partial charge on any atom is 0.0244 e. The van der Waals surface area contributed by atoms with E-state index in [1.165, 1.54) is 21.9 Å². The van der Waals surface area contributed by atoms with E-state index in [9.17, 15) is 0 Å². The molecule has 0 saturated heterocycles. The SMILES string of the molecule is NCCNCCN1Cc2cccc3cccc(c23)C1. The summed E-state index contributed by atoms with van der Waals surface area (Å²) in [5, 5.41) is 6.20. The van der Waals surface area contributed by atoms with Crippen molar-refractivity contribution in [3.63, 3.8) is 0 Å². The van der Waals surface area contributed by atoms with E-state index in [1.807, 2.05) is 0 Å². The fraction of sp³-hybridized carbons (Fsp3) is 0.375. The van der Waals surface area contributed by atoms with E-state index in [1.54, 1.807) is 0 Å². The molecule has 1 aliphatic rings. The molecule has 0 atom stereocenters. The van der Waals surface area contributed by atoms with E-state index in [-0.39, 0.29) is 0 Å². The Morgan fingerprint density at radius 2 is 1.68 bits per heavy atom. The smallest absolute Gasteiger partial charge is 0.0244 e. The van der Waals surface area contributed by atoms with Gasteiger partial charge in [0.1, 0.15) is 0 Å². The van der Waals surface area contributed by atoms with Gasteiger partial charge in [0, 0.05) is 39.3 Å². The molecule has 100 valence electrons. The topological polar surface area (TPSA) is 41.3 Å². The number of hydrogen-bond donors (Lipinski definition) is 2. The lowest BCUT2D eigenvalue weighted by Gasteiger charge is -2.29. The Bertz CT molecular complexity index is 524. The first-order valence-electron chi connectivity index (χ1n) is 7.01. The fourth-order valence-corrected chi connectivity index (χ4v) is 2.93. The second-order valence-corrected chi connectivity index (χ2v) is 5.18. The van der Waals surface area contributed by atoms with E-state index in [2.05, 4.69) is 46.6 Å². The molecule has 0 spiro atoms. The Labute approximate surface area is 114 Å². The van der Waals surface area contributed by atoms with Gasteiger partial charge in [-0.2, -0.15) is 0 Å². The zero-order chi connectivity index (χ0) is 13.1. The highest BCUT2D eigenvalue weighted by atomic mass is 15.1. The zero-order valence-corrected chi connectivity index (χ0v) is 11.2. The van der Waals surface area contributed by atoms with Crippen LogP contribution in [0.4, 0.5) is 0 Å². The normalized spacial score (nSPS) is 15.0. The van der Waals surface area contributed by atoms with Gasteiger partial charge < -0.3 is 11.1 Å². The molecule has 2 aromatic carbocycles. The second-order valence-electron chi connectivity index (χ2n) is 5.18. The number of rotatable bonds is 5. The first-order valence-corrected chi connectivity index (χ1v) is 7.01. The lowest BCUT2D eigenvalue weighted by atomic mass is 9.95. The lowest BCUT2D eigenvalue weighted by molar-refractivity contribution is 0.253. The van der Waals surface area contributed by atoms with Crippen molar-refractivity contribution in [1.82, 2.24) is 10.2 Å². The highest BCUT2D eigenvalue weighted by molar-refractivity contribution is 5.89. The summed E-state index contributed by atoms with van der Waals surface area (Å²) in [4.78, 5) is 2.50. The molecule has 19 heavy (non-hydrogen) atoms. The number of nitrogens with two attached hydrogens (primary N) is 1. The molecule has 3 N–H and O–H groups in total. The third kappa shape index (κ3) is 2.63. The maximum absolute atomic E-state index is 5.49.